The molecule has 1 aliphatic carbocycles. The number of nitrogens with zero attached hydrogens (tertiary/aromatic N) is 4. The molecule has 0 unspecified atom stereocenters. The van der Waals surface area contributed by atoms with Crippen LogP contribution in [0, 0.1) is 11.8 Å². The molecule has 3 fully saturated rings. The predicted molar refractivity (Wildman–Crippen MR) is 86.7 cm³/mol. The maximum absolute atomic E-state index is 4.40. The monoisotopic (exact) mass is 349 g/mol. The Labute approximate surface area is 134 Å². The van der Waals surface area contributed by atoms with Crippen molar-refractivity contribution in [1.29, 1.82) is 0 Å². The van der Waals surface area contributed by atoms with Crippen LogP contribution in [0.5, 0.6) is 0 Å². The third-order valence-electron chi connectivity index (χ3n) is 4.52. The van der Waals surface area contributed by atoms with Crippen LogP contribution >= 0.6 is 0 Å². The molecule has 1 aromatic heterocycles. The molecule has 0 spiro atoms. The molecule has 0 atom stereocenters. The average molecular weight is 348 g/mol. The molecule has 21 heavy (non-hydrogen) atoms. The second kappa shape index (κ2) is 6.71. The van der Waals surface area contributed by atoms with Crippen molar-refractivity contribution < 1.29 is 0 Å². The summed E-state index contributed by atoms with van der Waals surface area (Å²) in [5, 5.41) is 8.74. The van der Waals surface area contributed by atoms with E-state index in [4.69, 9.17) is 0 Å². The van der Waals surface area contributed by atoms with Crippen LogP contribution in [0.15, 0.2) is 34.6 Å². The Morgan fingerprint density at radius 2 is 1.81 bits per heavy atom. The van der Waals surface area contributed by atoms with Gasteiger partial charge in [-0.2, -0.15) is 0 Å². The fraction of sp³-hybridized carbons (Fsp3) is 0.562. The Hall–Kier alpha value is -1.19. The van der Waals surface area contributed by atoms with Crippen LogP contribution in [0.3, 0.4) is 0 Å². The maximum atomic E-state index is 4.40. The van der Waals surface area contributed by atoms with E-state index in [0.717, 1.165) is 41.1 Å². The summed E-state index contributed by atoms with van der Waals surface area (Å²) in [6.07, 6.45) is 7.30. The molecule has 111 valence electrons. The number of amidine groups is 1. The molecule has 0 amide bonds. The van der Waals surface area contributed by atoms with E-state index in [1.807, 2.05) is 25.1 Å². The van der Waals surface area contributed by atoms with E-state index in [2.05, 4.69) is 36.1 Å². The van der Waals surface area contributed by atoms with Crippen molar-refractivity contribution in [1.82, 2.24) is 9.88 Å². The Balaban J connectivity index is 1.71. The van der Waals surface area contributed by atoms with Gasteiger partial charge in [0.15, 0.2) is 0 Å². The van der Waals surface area contributed by atoms with Gasteiger partial charge in [-0.1, -0.05) is 0 Å². The van der Waals surface area contributed by atoms with Gasteiger partial charge in [-0.25, -0.2) is 0 Å². The van der Waals surface area contributed by atoms with Gasteiger partial charge in [0.1, 0.15) is 0 Å². The predicted octanol–water partition coefficient (Wildman–Crippen LogP) is 2.45. The molecule has 1 saturated carbocycles. The number of hydrogen-bond acceptors (Lipinski definition) is 3. The number of hydrogen-bond donors (Lipinski definition) is 0. The Morgan fingerprint density at radius 1 is 1.14 bits per heavy atom. The Kier molecular flexibility index (Phi) is 4.71. The molecule has 2 bridgehead atoms. The topological polar surface area (TPSA) is 40.9 Å². The summed E-state index contributed by atoms with van der Waals surface area (Å²) < 4.78 is 0.920. The normalized spacial score (nSPS) is 26.8. The van der Waals surface area contributed by atoms with Crippen LogP contribution < -0.4 is 0 Å². The third kappa shape index (κ3) is 3.72. The van der Waals surface area contributed by atoms with Crippen molar-refractivity contribution in [3.8, 4) is 0 Å². The van der Waals surface area contributed by atoms with Gasteiger partial charge >= 0.3 is 134 Å². The molecule has 1 aromatic rings. The summed E-state index contributed by atoms with van der Waals surface area (Å²) in [4.78, 5) is 6.67. The molecular weight excluding hydrogens is 327 g/mol. The van der Waals surface area contributed by atoms with Crippen molar-refractivity contribution in [3.63, 3.8) is 0 Å². The second-order valence-electron chi connectivity index (χ2n) is 6.07. The van der Waals surface area contributed by atoms with Gasteiger partial charge < -0.3 is 0 Å². The first kappa shape index (κ1) is 14.7. The summed E-state index contributed by atoms with van der Waals surface area (Å²) in [6.45, 7) is 4.20. The summed E-state index contributed by atoms with van der Waals surface area (Å²) in [6, 6.07) is 5.84. The zero-order valence-electron chi connectivity index (χ0n) is 12.4. The second-order valence-corrected chi connectivity index (χ2v) is 6.84. The van der Waals surface area contributed by atoms with Crippen LogP contribution in [-0.2, 0) is 0 Å². The molecule has 1 radical (unpaired) electrons. The standard InChI is InChI=1S/C16H21N4Se/c1-12(15-4-2-3-9-17-15)18-19-16(21)20-10-13-5-6-14(11-20)8-7-13/h2-4,9,13-14H,5-8,10-11H2,1H3/b18-12+,19-16+. The molecule has 4 rings (SSSR count). The molecule has 0 aromatic carbocycles. The van der Waals surface area contributed by atoms with E-state index in [0.29, 0.717) is 0 Å². The van der Waals surface area contributed by atoms with Crippen molar-refractivity contribution in [2.75, 3.05) is 13.1 Å². The molecule has 0 N–H and O–H groups in total. The average Bonchev–Trinajstić information content (AvgIpc) is 2.87. The minimum absolute atomic E-state index is 0.836. The molecule has 4 nitrogen and oxygen atoms in total. The number of rotatable bonds is 2. The van der Waals surface area contributed by atoms with Gasteiger partial charge in [0.2, 0.25) is 0 Å². The quantitative estimate of drug-likeness (QED) is 0.357. The van der Waals surface area contributed by atoms with E-state index in [1.54, 1.807) is 6.20 Å². The number of pyridine rings is 1. The van der Waals surface area contributed by atoms with Crippen LogP contribution in [0.4, 0.5) is 0 Å². The van der Waals surface area contributed by atoms with Gasteiger partial charge in [-0.05, 0) is 0 Å². The van der Waals surface area contributed by atoms with Gasteiger partial charge in [-0.3, -0.25) is 0 Å². The first-order chi connectivity index (χ1) is 10.2. The van der Waals surface area contributed by atoms with Crippen molar-refractivity contribution in [2.24, 2.45) is 22.0 Å². The third-order valence-corrected chi connectivity index (χ3v) is 5.23. The van der Waals surface area contributed by atoms with Crippen LogP contribution in [0.2, 0.25) is 0 Å². The molecule has 2 saturated heterocycles. The minimum atomic E-state index is 0.836. The summed E-state index contributed by atoms with van der Waals surface area (Å²) in [7, 11) is 0. The van der Waals surface area contributed by atoms with E-state index >= 15 is 0 Å². The van der Waals surface area contributed by atoms with Gasteiger partial charge in [-0.15, -0.1) is 0 Å². The van der Waals surface area contributed by atoms with Gasteiger partial charge in [0.05, 0.1) is 0 Å². The van der Waals surface area contributed by atoms with Crippen LogP contribution in [-0.4, -0.2) is 49.4 Å². The van der Waals surface area contributed by atoms with Crippen LogP contribution in [0.1, 0.15) is 38.3 Å². The Morgan fingerprint density at radius 3 is 2.38 bits per heavy atom. The van der Waals surface area contributed by atoms with E-state index < -0.39 is 0 Å². The number of aromatic nitrogens is 1. The van der Waals surface area contributed by atoms with E-state index in [1.165, 1.54) is 25.7 Å². The first-order valence-electron chi connectivity index (χ1n) is 7.68. The summed E-state index contributed by atoms with van der Waals surface area (Å²) in [5.41, 5.74) is 1.73. The molecule has 3 aliphatic rings. The first-order valence-corrected chi connectivity index (χ1v) is 8.53. The summed E-state index contributed by atoms with van der Waals surface area (Å²) >= 11 is 3.10. The molecule has 3 heterocycles. The van der Waals surface area contributed by atoms with E-state index in [9.17, 15) is 0 Å². The fourth-order valence-corrected chi connectivity index (χ4v) is 3.66. The zero-order valence-corrected chi connectivity index (χ0v) is 14.1. The molecule has 2 aliphatic heterocycles. The van der Waals surface area contributed by atoms with Crippen molar-refractivity contribution >= 4 is 26.5 Å². The molecular formula is C16H21N4Se. The Bertz CT molecular complexity index is 518. The molecule has 5 heteroatoms. The van der Waals surface area contributed by atoms with Gasteiger partial charge in [0.25, 0.3) is 0 Å². The van der Waals surface area contributed by atoms with E-state index in [-0.39, 0.29) is 0 Å². The van der Waals surface area contributed by atoms with Crippen LogP contribution in [0.25, 0.3) is 0 Å². The summed E-state index contributed by atoms with van der Waals surface area (Å²) in [5.74, 6) is 1.67. The number of fused-ring (bicyclic) bond motifs is 4. The SMILES string of the molecule is C/C(=N\N=C(\[Se])N1CC2CCC(CC2)C1)c1ccccn1. The van der Waals surface area contributed by atoms with Crippen molar-refractivity contribution in [2.45, 2.75) is 32.6 Å². The van der Waals surface area contributed by atoms with Gasteiger partial charge in [0, 0.05) is 0 Å². The fourth-order valence-electron chi connectivity index (χ4n) is 3.26. The van der Waals surface area contributed by atoms with Crippen molar-refractivity contribution in [3.05, 3.63) is 30.1 Å². The zero-order chi connectivity index (χ0) is 14.7.